The average Bonchev–Trinajstić information content (AvgIpc) is 0.763. The van der Waals surface area contributed by atoms with Crippen LogP contribution in [0, 0.1) is 40.4 Å². The number of ketones is 1. The summed E-state index contributed by atoms with van der Waals surface area (Å²) in [7, 11) is 4.86. The molecule has 6 aliphatic heterocycles. The maximum absolute atomic E-state index is 12.8. The molecule has 3 aromatic rings. The quantitative estimate of drug-likeness (QED) is 0.0141. The number of urea groups is 2. The van der Waals surface area contributed by atoms with Crippen LogP contribution in [0.1, 0.15) is 165 Å². The van der Waals surface area contributed by atoms with E-state index in [1.807, 2.05) is 12.1 Å². The minimum Gasteiger partial charge on any atom is -0.465 e. The Bertz CT molecular complexity index is 3770. The van der Waals surface area contributed by atoms with Crippen LogP contribution in [0.3, 0.4) is 0 Å². The number of benzene rings is 3. The topological polar surface area (TPSA) is 447 Å². The fourth-order valence-electron chi connectivity index (χ4n) is 13.2. The third kappa shape index (κ3) is 46.1. The van der Waals surface area contributed by atoms with Gasteiger partial charge in [0.25, 0.3) is 0 Å². The molecule has 2 unspecified atom stereocenters. The van der Waals surface area contributed by atoms with E-state index < -0.39 is 107 Å². The number of para-hydroxylation sites is 2. The van der Waals surface area contributed by atoms with Gasteiger partial charge in [0.15, 0.2) is 5.11 Å². The zero-order chi connectivity index (χ0) is 96.4. The predicted octanol–water partition coefficient (Wildman–Crippen LogP) is 11.1. The van der Waals surface area contributed by atoms with Crippen molar-refractivity contribution in [2.75, 3.05) is 182 Å². The number of aryl methyl sites for hydroxylation is 1. The molecule has 0 aromatic heterocycles. The molecule has 724 valence electrons. The van der Waals surface area contributed by atoms with Crippen molar-refractivity contribution in [3.8, 4) is 0 Å². The Morgan fingerprint density at radius 3 is 1.34 bits per heavy atom. The highest BCUT2D eigenvalue weighted by molar-refractivity contribution is 7.80. The van der Waals surface area contributed by atoms with Crippen LogP contribution in [0.2, 0.25) is 0 Å². The largest absolute Gasteiger partial charge is 0.508 e. The van der Waals surface area contributed by atoms with Gasteiger partial charge in [0, 0.05) is 91.2 Å². The van der Waals surface area contributed by atoms with Crippen molar-refractivity contribution in [1.82, 2.24) is 25.8 Å². The summed E-state index contributed by atoms with van der Waals surface area (Å²) in [6.45, 7) is 22.1. The number of carbonyl (C=O) groups is 11. The summed E-state index contributed by atoms with van der Waals surface area (Å²) in [6, 6.07) is 23.1. The number of methoxy groups -OCH3 is 3. The van der Waals surface area contributed by atoms with Gasteiger partial charge in [-0.1, -0.05) is 75.4 Å². The van der Waals surface area contributed by atoms with Gasteiger partial charge in [0.1, 0.15) is 80.3 Å². The van der Waals surface area contributed by atoms with Gasteiger partial charge in [-0.25, -0.2) is 19.2 Å². The van der Waals surface area contributed by atoms with Gasteiger partial charge in [-0.05, 0) is 185 Å². The molecule has 39 heteroatoms. The number of hydrogen-bond donors (Lipinski definition) is 9. The lowest BCUT2D eigenvalue weighted by Crippen LogP contribution is -2.63. The number of nitrogens with zero attached hydrogens (tertiary/aromatic N) is 2. The van der Waals surface area contributed by atoms with E-state index in [9.17, 15) is 71.0 Å². The summed E-state index contributed by atoms with van der Waals surface area (Å²) in [5.41, 5.74) is -2.82. The summed E-state index contributed by atoms with van der Waals surface area (Å²) in [5.74, 6) is -1.23. The van der Waals surface area contributed by atoms with Gasteiger partial charge in [-0.3, -0.25) is 38.6 Å². The lowest BCUT2D eigenvalue weighted by Gasteiger charge is -2.57. The Balaban J connectivity index is 0.000000510. The smallest absolute Gasteiger partial charge is 0.465 e. The van der Waals surface area contributed by atoms with Gasteiger partial charge in [-0.15, -0.1) is 0 Å². The summed E-state index contributed by atoms with van der Waals surface area (Å²) in [4.78, 5) is 128. The second-order valence-electron chi connectivity index (χ2n) is 32.0. The lowest BCUT2D eigenvalue weighted by molar-refractivity contribution is -0.166. The number of piperidine rings is 4. The molecule has 9 N–H and O–H groups in total. The number of hydrogen-bond acceptors (Lipinski definition) is 30. The van der Waals surface area contributed by atoms with Crippen LogP contribution in [0.5, 0.6) is 0 Å². The molecule has 6 atom stereocenters. The van der Waals surface area contributed by atoms with Crippen LogP contribution in [0.25, 0.3) is 0 Å². The summed E-state index contributed by atoms with van der Waals surface area (Å²) < 4.78 is 106. The van der Waals surface area contributed by atoms with E-state index in [1.165, 1.54) is 112 Å². The van der Waals surface area contributed by atoms with Gasteiger partial charge < -0.3 is 114 Å². The van der Waals surface area contributed by atoms with Crippen molar-refractivity contribution in [2.24, 2.45) is 33.5 Å². The molecule has 4 amide bonds. The van der Waals surface area contributed by atoms with E-state index in [4.69, 9.17) is 47.5 Å². The molecule has 7 fully saturated rings. The van der Waals surface area contributed by atoms with E-state index >= 15 is 0 Å². The number of Topliss-reactive ketones (excluding diaryl/α,β-unsaturated/α-hetero) is 1. The molecule has 0 spiro atoms. The highest BCUT2D eigenvalue weighted by Gasteiger charge is 2.47. The molecule has 6 heterocycles. The SMILES string of the molecule is C1CCN2C[C@H]3C[C@H](CN4CCCC[C@@H]34)[C@H]2C1.CC(=O)OCC(C)(CO)C(=O)OCCNC(=O)Nc1ccccc1.CC1(C(=O)OCCNC(=O)Nc2ccccc2)COC(=O)OC1.CCOC(=O)C(C)(CO)COC(C)=O.CCOC(=O)C1(C)COC(=O)OC1.COCCO.COCCOC.Cc1cc(NC(=S)NC2CCCCC2)cc(C(F)(F)F)c1.[3H]CC(=O)CC. The number of fused-ring (bicyclic) bond motifs is 6. The minimum atomic E-state index is -4.35. The van der Waals surface area contributed by atoms with E-state index in [1.54, 1.807) is 124 Å². The van der Waals surface area contributed by atoms with Crippen LogP contribution in [-0.2, 0) is 101 Å². The number of esters is 6. The van der Waals surface area contributed by atoms with E-state index in [0.29, 0.717) is 66.6 Å². The van der Waals surface area contributed by atoms with E-state index in [0.717, 1.165) is 48.9 Å². The van der Waals surface area contributed by atoms with Crippen molar-refractivity contribution in [1.29, 1.82) is 0 Å². The highest BCUT2D eigenvalue weighted by atomic mass is 32.1. The van der Waals surface area contributed by atoms with Gasteiger partial charge in [-0.2, -0.15) is 13.2 Å². The zero-order valence-electron chi connectivity index (χ0n) is 77.4. The first-order chi connectivity index (χ1) is 61.3. The van der Waals surface area contributed by atoms with Gasteiger partial charge in [0.2, 0.25) is 0 Å². The van der Waals surface area contributed by atoms with Gasteiger partial charge in [0.05, 0.1) is 71.5 Å². The Hall–Kier alpha value is -9.61. The number of aliphatic hydroxyl groups is 3. The molecule has 1 saturated carbocycles. The van der Waals surface area contributed by atoms with Crippen molar-refractivity contribution in [3.05, 3.63) is 90.0 Å². The van der Waals surface area contributed by atoms with Crippen LogP contribution < -0.4 is 31.9 Å². The van der Waals surface area contributed by atoms with Crippen molar-refractivity contribution in [2.45, 2.75) is 184 Å². The fraction of sp³-hybridized carbons (Fsp3) is 0.663. The third-order valence-corrected chi connectivity index (χ3v) is 20.7. The maximum atomic E-state index is 12.8. The van der Waals surface area contributed by atoms with Crippen LogP contribution in [0.15, 0.2) is 78.9 Å². The first-order valence-corrected chi connectivity index (χ1v) is 43.3. The number of carbonyl (C=O) groups excluding carboxylic acids is 11. The number of anilines is 3. The molecule has 128 heavy (non-hydrogen) atoms. The number of amides is 4. The average molecular weight is 1840 g/mol. The standard InChI is InChI=1S/C16H22N2O6.C15H19F3N2S.C15H18N2O6.C15H26N2.C9H16O5.C8H12O5.C4H10O2.C4H8O.C3H8O2/c1-12(20)24-11-16(2,10-19)14(21)23-9-8-17-15(22)18-13-6-4-3-5-7-13;1-10-7-11(15(16,17)18)9-13(8-10)20-14(21)19-12-5-3-2-4-6-12;1-15(9-22-14(20)23-10-15)12(18)21-8-7-16-13(19)17-11-5-3-2-4-6-11;1-3-7-16-11-13-9-12(14(16)5-1)10-17-8-4-2-6-15(13)17;1-4-13-8(12)9(3,5-10)6-14-7(2)11;1-3-11-6(9)8(2)4-12-7(10)13-5-8;1-5-3-4-6-2;1-3-4(2)5;1-5-3-2-4/h3-7,19H,8-11H2,1-2H3,(H2,17,18,22);7-9,12H,2-6H2,1H3,(H2,19,20,21);2-6H,7-10H2,1H3,(H2,16,17,19);12-15H,1-11H2;10H,4-6H2,1-3H3;3-5H2,1-2H3;3-4H2,1-2H3;3H2,1-2H3;4H,2-3H2,1H3/t;;;12-,13-,14-,15+;;;;;/m...1...../s1/i;;;;;;;2T;. The fourth-order valence-corrected chi connectivity index (χ4v) is 13.5. The van der Waals surface area contributed by atoms with Crippen LogP contribution >= 0.6 is 12.2 Å². The molecule has 2 bridgehead atoms. The second kappa shape index (κ2) is 62.6. The van der Waals surface area contributed by atoms with Crippen molar-refractivity contribution in [3.63, 3.8) is 0 Å². The zero-order valence-corrected chi connectivity index (χ0v) is 77.2. The number of ether oxygens (including phenoxy) is 13. The normalized spacial score (nSPS) is 18.9. The van der Waals surface area contributed by atoms with Crippen molar-refractivity contribution < 1.29 is 144 Å². The molecule has 6 saturated heterocycles. The second-order valence-corrected chi connectivity index (χ2v) is 32.4. The number of alkyl halides is 3. The Kier molecular flexibility index (Phi) is 55.0. The summed E-state index contributed by atoms with van der Waals surface area (Å²) in [6.07, 6.45) is 10.8. The number of halogens is 3. The van der Waals surface area contributed by atoms with Gasteiger partial charge >= 0.3 is 66.4 Å². The van der Waals surface area contributed by atoms with E-state index in [2.05, 4.69) is 79.6 Å². The molecule has 7 aliphatic rings. The molecule has 35 nitrogen and oxygen atoms in total. The number of aliphatic hydroxyl groups excluding tert-OH is 3. The Morgan fingerprint density at radius 2 is 0.969 bits per heavy atom. The molecule has 0 radical (unpaired) electrons. The number of cyclic esters (lactones) is 4. The molecular formula is C89H139F3N8O27S. The van der Waals surface area contributed by atoms with Crippen LogP contribution in [0.4, 0.5) is 49.4 Å². The van der Waals surface area contributed by atoms with Crippen LogP contribution in [-0.4, -0.2) is 281 Å². The minimum absolute atomic E-state index is 0.00454. The first-order valence-electron chi connectivity index (χ1n) is 43.6. The molecular weight excluding hydrogens is 1700 g/mol. The molecule has 3 aromatic carbocycles. The Labute approximate surface area is 756 Å². The Morgan fingerprint density at radius 1 is 0.547 bits per heavy atom. The first kappa shape index (κ1) is 113. The summed E-state index contributed by atoms with van der Waals surface area (Å²) >= 11 is 5.19. The highest BCUT2D eigenvalue weighted by Crippen LogP contribution is 2.43. The summed E-state index contributed by atoms with van der Waals surface area (Å²) in [5, 5.41) is 43.0. The lowest BCUT2D eigenvalue weighted by atomic mass is 9.71. The van der Waals surface area contributed by atoms with Crippen molar-refractivity contribution >= 4 is 100 Å². The number of rotatable bonds is 28. The predicted molar refractivity (Wildman–Crippen MR) is 473 cm³/mol. The van der Waals surface area contributed by atoms with E-state index in [-0.39, 0.29) is 91.8 Å². The molecule has 10 rings (SSSR count). The number of thiocarbonyl (C=S) groups is 1. The number of nitrogens with one attached hydrogen (secondary N) is 6. The molecule has 1 aliphatic carbocycles. The maximum Gasteiger partial charge on any atom is 0.508 e. The monoisotopic (exact) mass is 1840 g/mol. The third-order valence-electron chi connectivity index (χ3n) is 20.5.